The van der Waals surface area contributed by atoms with E-state index in [0.717, 1.165) is 12.8 Å². The van der Waals surface area contributed by atoms with Crippen LogP contribution in [0, 0.1) is 0 Å². The molecule has 2 heterocycles. The molecule has 2 saturated heterocycles. The van der Waals surface area contributed by atoms with Gasteiger partial charge in [-0.3, -0.25) is 14.5 Å². The third-order valence-electron chi connectivity index (χ3n) is 6.79. The highest BCUT2D eigenvalue weighted by molar-refractivity contribution is 6.07. The van der Waals surface area contributed by atoms with Crippen LogP contribution < -0.4 is 5.32 Å². The Kier molecular flexibility index (Phi) is 8.74. The van der Waals surface area contributed by atoms with Gasteiger partial charge < -0.3 is 10.2 Å². The average Bonchev–Trinajstić information content (AvgIpc) is 2.84. The van der Waals surface area contributed by atoms with Crippen molar-refractivity contribution in [1.29, 1.82) is 0 Å². The molecule has 0 saturated carbocycles. The molecule has 0 bridgehead atoms. The van der Waals surface area contributed by atoms with E-state index < -0.39 is 11.1 Å². The second kappa shape index (κ2) is 10.6. The number of imide groups is 1. The minimum Gasteiger partial charge on any atom is -0.335 e. The van der Waals surface area contributed by atoms with Gasteiger partial charge in [-0.15, -0.1) is 0 Å². The summed E-state index contributed by atoms with van der Waals surface area (Å²) in [4.78, 5) is 41.2. The van der Waals surface area contributed by atoms with Crippen LogP contribution in [0.15, 0.2) is 0 Å². The van der Waals surface area contributed by atoms with E-state index in [9.17, 15) is 14.4 Å². The second-order valence-corrected chi connectivity index (χ2v) is 10.1. The molecule has 2 atom stereocenters. The molecule has 2 fully saturated rings. The first-order chi connectivity index (χ1) is 14.1. The normalized spacial score (nSPS) is 25.8. The van der Waals surface area contributed by atoms with Gasteiger partial charge in [-0.05, 0) is 33.6 Å². The number of hydrogen-bond donors (Lipinski definition) is 1. The Morgan fingerprint density at radius 3 is 2.03 bits per heavy atom. The quantitative estimate of drug-likeness (QED) is 0.377. The number of piperidine rings is 1. The maximum Gasteiger partial charge on any atom is 0.325 e. The van der Waals surface area contributed by atoms with Gasteiger partial charge in [0.15, 0.2) is 0 Å². The molecule has 6 heteroatoms. The minimum absolute atomic E-state index is 0.0151. The van der Waals surface area contributed by atoms with E-state index >= 15 is 0 Å². The molecule has 30 heavy (non-hydrogen) atoms. The molecule has 0 radical (unpaired) electrons. The van der Waals surface area contributed by atoms with Crippen LogP contribution in [0.5, 0.6) is 0 Å². The topological polar surface area (TPSA) is 69.7 Å². The van der Waals surface area contributed by atoms with Crippen molar-refractivity contribution in [3.05, 3.63) is 0 Å². The maximum absolute atomic E-state index is 13.2. The fourth-order valence-corrected chi connectivity index (χ4v) is 5.72. The van der Waals surface area contributed by atoms with Crippen LogP contribution in [0.4, 0.5) is 4.79 Å². The van der Waals surface area contributed by atoms with Gasteiger partial charge in [-0.1, -0.05) is 64.7 Å². The van der Waals surface area contributed by atoms with Crippen LogP contribution in [0.2, 0.25) is 0 Å². The first-order valence-corrected chi connectivity index (χ1v) is 12.1. The second-order valence-electron chi connectivity index (χ2n) is 10.1. The van der Waals surface area contributed by atoms with E-state index in [1.807, 2.05) is 25.7 Å². The number of urea groups is 1. The highest BCUT2D eigenvalue weighted by Gasteiger charge is 2.58. The molecule has 6 nitrogen and oxygen atoms in total. The third-order valence-corrected chi connectivity index (χ3v) is 6.79. The summed E-state index contributed by atoms with van der Waals surface area (Å²) in [6, 6.07) is -0.358. The van der Waals surface area contributed by atoms with E-state index in [0.29, 0.717) is 19.4 Å². The lowest BCUT2D eigenvalue weighted by atomic mass is 9.73. The Bertz CT molecular complexity index is 619. The summed E-state index contributed by atoms with van der Waals surface area (Å²) in [5, 5.41) is 3.00. The third kappa shape index (κ3) is 5.76. The number of unbranched alkanes of at least 4 members (excludes halogenated alkanes) is 9. The van der Waals surface area contributed by atoms with E-state index in [2.05, 4.69) is 12.2 Å². The van der Waals surface area contributed by atoms with Gasteiger partial charge >= 0.3 is 6.03 Å². The number of nitrogens with zero attached hydrogens (tertiary/aromatic N) is 2. The molecule has 1 spiro atoms. The molecular formula is C24H43N3O3. The standard InChI is InChI=1S/C24H43N3O3/c1-6-7-8-9-10-11-12-13-14-15-16-26-21(29)24(25-22(26)30)17-19(2)27(20(3)28)23(4,5)18-24/h19H,6-18H2,1-5H3,(H,25,30). The van der Waals surface area contributed by atoms with Crippen molar-refractivity contribution in [3.8, 4) is 0 Å². The van der Waals surface area contributed by atoms with Gasteiger partial charge in [0, 0.05) is 31.5 Å². The summed E-state index contributed by atoms with van der Waals surface area (Å²) in [7, 11) is 0. The van der Waals surface area contributed by atoms with Crippen molar-refractivity contribution in [2.24, 2.45) is 0 Å². The molecule has 2 rings (SSSR count). The lowest BCUT2D eigenvalue weighted by molar-refractivity contribution is -0.148. The molecule has 2 aliphatic rings. The van der Waals surface area contributed by atoms with Crippen molar-refractivity contribution in [2.45, 2.75) is 129 Å². The van der Waals surface area contributed by atoms with Gasteiger partial charge in [-0.25, -0.2) is 4.79 Å². The Morgan fingerprint density at radius 1 is 1.00 bits per heavy atom. The fourth-order valence-electron chi connectivity index (χ4n) is 5.72. The predicted molar refractivity (Wildman–Crippen MR) is 120 cm³/mol. The number of rotatable bonds is 11. The van der Waals surface area contributed by atoms with Gasteiger partial charge in [0.2, 0.25) is 5.91 Å². The van der Waals surface area contributed by atoms with E-state index in [4.69, 9.17) is 0 Å². The van der Waals surface area contributed by atoms with Crippen molar-refractivity contribution in [3.63, 3.8) is 0 Å². The molecular weight excluding hydrogens is 378 g/mol. The summed E-state index contributed by atoms with van der Waals surface area (Å²) in [5.41, 5.74) is -1.34. The zero-order valence-corrected chi connectivity index (χ0v) is 19.9. The SMILES string of the molecule is CCCCCCCCCCCCN1C(=O)NC2(CC(C)N(C(C)=O)C(C)(C)C2)C1=O. The summed E-state index contributed by atoms with van der Waals surface area (Å²) in [6.45, 7) is 10.2. The van der Waals surface area contributed by atoms with Crippen molar-refractivity contribution in [1.82, 2.24) is 15.1 Å². The summed E-state index contributed by atoms with van der Waals surface area (Å²) in [6.07, 6.45) is 13.2. The monoisotopic (exact) mass is 421 g/mol. The number of carbonyl (C=O) groups excluding carboxylic acids is 3. The highest BCUT2D eigenvalue weighted by Crippen LogP contribution is 2.41. The zero-order valence-electron chi connectivity index (χ0n) is 19.9. The van der Waals surface area contributed by atoms with E-state index in [1.54, 1.807) is 6.92 Å². The molecule has 0 aliphatic carbocycles. The zero-order chi connectivity index (χ0) is 22.4. The molecule has 2 unspecified atom stereocenters. The maximum atomic E-state index is 13.2. The van der Waals surface area contributed by atoms with Crippen LogP contribution in [0.1, 0.15) is 112 Å². The lowest BCUT2D eigenvalue weighted by Crippen LogP contribution is -2.66. The molecule has 2 aliphatic heterocycles. The Morgan fingerprint density at radius 2 is 1.53 bits per heavy atom. The number of carbonyl (C=O) groups is 3. The smallest absolute Gasteiger partial charge is 0.325 e. The number of amides is 4. The lowest BCUT2D eigenvalue weighted by Gasteiger charge is -2.52. The first kappa shape index (κ1) is 24.7. The van der Waals surface area contributed by atoms with Crippen molar-refractivity contribution < 1.29 is 14.4 Å². The molecule has 172 valence electrons. The summed E-state index contributed by atoms with van der Waals surface area (Å²) < 4.78 is 0. The molecule has 0 aromatic carbocycles. The summed E-state index contributed by atoms with van der Waals surface area (Å²) >= 11 is 0. The van der Waals surface area contributed by atoms with Crippen LogP contribution in [0.25, 0.3) is 0 Å². The van der Waals surface area contributed by atoms with Crippen molar-refractivity contribution >= 4 is 17.8 Å². The minimum atomic E-state index is -0.871. The van der Waals surface area contributed by atoms with Crippen LogP contribution in [-0.4, -0.2) is 51.3 Å². The Labute approximate surface area is 183 Å². The van der Waals surface area contributed by atoms with Gasteiger partial charge in [-0.2, -0.15) is 0 Å². The van der Waals surface area contributed by atoms with Crippen molar-refractivity contribution in [2.75, 3.05) is 6.54 Å². The van der Waals surface area contributed by atoms with Gasteiger partial charge in [0.1, 0.15) is 5.54 Å². The van der Waals surface area contributed by atoms with Gasteiger partial charge in [0.05, 0.1) is 0 Å². The van der Waals surface area contributed by atoms with E-state index in [-0.39, 0.29) is 23.9 Å². The highest BCUT2D eigenvalue weighted by atomic mass is 16.2. The number of hydrogen-bond acceptors (Lipinski definition) is 3. The molecule has 0 aromatic rings. The largest absolute Gasteiger partial charge is 0.335 e. The number of nitrogens with one attached hydrogen (secondary N) is 1. The van der Waals surface area contributed by atoms with Crippen LogP contribution >= 0.6 is 0 Å². The molecule has 4 amide bonds. The first-order valence-electron chi connectivity index (χ1n) is 12.1. The van der Waals surface area contributed by atoms with Crippen LogP contribution in [0.3, 0.4) is 0 Å². The Balaban J connectivity index is 1.79. The predicted octanol–water partition coefficient (Wildman–Crippen LogP) is 5.01. The summed E-state index contributed by atoms with van der Waals surface area (Å²) in [5.74, 6) is -0.0899. The molecule has 0 aromatic heterocycles. The number of likely N-dealkylation sites (tertiary alicyclic amines) is 1. The average molecular weight is 422 g/mol. The van der Waals surface area contributed by atoms with E-state index in [1.165, 1.54) is 56.3 Å². The fraction of sp³-hybridized carbons (Fsp3) is 0.875. The van der Waals surface area contributed by atoms with Gasteiger partial charge in [0.25, 0.3) is 5.91 Å². The molecule has 1 N–H and O–H groups in total. The Hall–Kier alpha value is -1.59. The van der Waals surface area contributed by atoms with Crippen LogP contribution in [-0.2, 0) is 9.59 Å².